The number of carbonyl (C=O) groups excluding carboxylic acids is 1. The standard InChI is InChI=1S/C20H15ClN4O6/c1-2-31-20(28)15-16(10-7-8-13(21)14(9-10)25(29)30)23-18(26)11-5-3-4-6-12(11)19(27)24(23)17(15)22/h3-9,16H,2,22H2,1H3. The minimum atomic E-state index is -1.22. The molecule has 0 bridgehead atoms. The van der Waals surface area contributed by atoms with Crippen LogP contribution in [0, 0.1) is 10.1 Å². The lowest BCUT2D eigenvalue weighted by molar-refractivity contribution is -0.384. The monoisotopic (exact) mass is 442 g/mol. The van der Waals surface area contributed by atoms with E-state index in [1.54, 1.807) is 19.1 Å². The zero-order valence-electron chi connectivity index (χ0n) is 16.1. The van der Waals surface area contributed by atoms with E-state index < -0.39 is 33.7 Å². The van der Waals surface area contributed by atoms with Crippen molar-refractivity contribution in [2.45, 2.75) is 13.0 Å². The second-order valence-corrected chi connectivity index (χ2v) is 7.11. The number of nitro benzene ring substituents is 1. The Labute approximate surface area is 178 Å². The van der Waals surface area contributed by atoms with E-state index in [0.29, 0.717) is 0 Å². The van der Waals surface area contributed by atoms with Crippen LogP contribution < -0.4 is 16.9 Å². The van der Waals surface area contributed by atoms with Gasteiger partial charge in [0, 0.05) is 6.07 Å². The number of carbonyl (C=O) groups is 1. The molecule has 0 saturated carbocycles. The molecule has 0 amide bonds. The van der Waals surface area contributed by atoms with Crippen LogP contribution in [0.3, 0.4) is 0 Å². The smallest absolute Gasteiger partial charge is 0.340 e. The van der Waals surface area contributed by atoms with Crippen molar-refractivity contribution in [2.75, 3.05) is 6.61 Å². The quantitative estimate of drug-likeness (QED) is 0.370. The van der Waals surface area contributed by atoms with Gasteiger partial charge in [0.2, 0.25) is 0 Å². The van der Waals surface area contributed by atoms with Crippen molar-refractivity contribution < 1.29 is 14.5 Å². The van der Waals surface area contributed by atoms with Gasteiger partial charge in [-0.15, -0.1) is 0 Å². The van der Waals surface area contributed by atoms with E-state index in [4.69, 9.17) is 22.1 Å². The first kappa shape index (κ1) is 20.4. The molecule has 11 heteroatoms. The predicted octanol–water partition coefficient (Wildman–Crippen LogP) is 2.02. The zero-order chi connectivity index (χ0) is 22.4. The largest absolute Gasteiger partial charge is 0.462 e. The number of halogens is 1. The number of esters is 1. The second kappa shape index (κ2) is 7.40. The normalized spacial score (nSPS) is 15.2. The van der Waals surface area contributed by atoms with Crippen molar-refractivity contribution in [3.8, 4) is 0 Å². The highest BCUT2D eigenvalue weighted by atomic mass is 35.5. The highest BCUT2D eigenvalue weighted by Crippen LogP contribution is 2.37. The lowest BCUT2D eigenvalue weighted by Crippen LogP contribution is -2.38. The first-order valence-electron chi connectivity index (χ1n) is 9.15. The Morgan fingerprint density at radius 3 is 2.45 bits per heavy atom. The Bertz CT molecular complexity index is 1420. The first-order chi connectivity index (χ1) is 14.8. The topological polar surface area (TPSA) is 139 Å². The van der Waals surface area contributed by atoms with E-state index in [0.717, 1.165) is 15.4 Å². The van der Waals surface area contributed by atoms with E-state index in [2.05, 4.69) is 0 Å². The molecule has 2 N–H and O–H groups in total. The summed E-state index contributed by atoms with van der Waals surface area (Å²) >= 11 is 5.92. The lowest BCUT2D eigenvalue weighted by atomic mass is 9.99. The molecule has 2 heterocycles. The van der Waals surface area contributed by atoms with Crippen LogP contribution >= 0.6 is 11.6 Å². The fraction of sp³-hybridized carbons (Fsp3) is 0.150. The number of rotatable bonds is 4. The third kappa shape index (κ3) is 2.99. The average molecular weight is 443 g/mol. The molecule has 1 aromatic heterocycles. The Morgan fingerprint density at radius 2 is 1.84 bits per heavy atom. The summed E-state index contributed by atoms with van der Waals surface area (Å²) < 4.78 is 7.01. The molecule has 1 atom stereocenters. The number of fused-ring (bicyclic) bond motifs is 2. The third-order valence-electron chi connectivity index (χ3n) is 5.00. The summed E-state index contributed by atoms with van der Waals surface area (Å²) in [4.78, 5) is 49.9. The molecule has 1 unspecified atom stereocenters. The zero-order valence-corrected chi connectivity index (χ0v) is 16.8. The van der Waals surface area contributed by atoms with Crippen LogP contribution in [-0.4, -0.2) is 26.9 Å². The number of aromatic nitrogens is 2. The summed E-state index contributed by atoms with van der Waals surface area (Å²) in [5.41, 5.74) is 4.53. The van der Waals surface area contributed by atoms with Crippen LogP contribution in [0.2, 0.25) is 5.02 Å². The molecule has 4 rings (SSSR count). The van der Waals surface area contributed by atoms with Gasteiger partial charge in [-0.2, -0.15) is 4.68 Å². The maximum atomic E-state index is 13.3. The number of ether oxygens (including phenoxy) is 1. The van der Waals surface area contributed by atoms with Crippen molar-refractivity contribution in [1.29, 1.82) is 0 Å². The fourth-order valence-electron chi connectivity index (χ4n) is 3.69. The van der Waals surface area contributed by atoms with E-state index in [1.165, 1.54) is 24.3 Å². The predicted molar refractivity (Wildman–Crippen MR) is 113 cm³/mol. The van der Waals surface area contributed by atoms with Crippen LogP contribution in [0.15, 0.2) is 57.6 Å². The van der Waals surface area contributed by atoms with Crippen molar-refractivity contribution >= 4 is 39.9 Å². The molecule has 2 aromatic carbocycles. The van der Waals surface area contributed by atoms with E-state index in [9.17, 15) is 24.5 Å². The van der Waals surface area contributed by atoms with Gasteiger partial charge >= 0.3 is 5.97 Å². The molecule has 3 aromatic rings. The molecule has 31 heavy (non-hydrogen) atoms. The Hall–Kier alpha value is -3.92. The summed E-state index contributed by atoms with van der Waals surface area (Å²) in [6.07, 6.45) is 0. The van der Waals surface area contributed by atoms with Crippen LogP contribution in [0.5, 0.6) is 0 Å². The summed E-state index contributed by atoms with van der Waals surface area (Å²) in [7, 11) is 0. The number of nitro groups is 1. The van der Waals surface area contributed by atoms with E-state index in [-0.39, 0.29) is 39.4 Å². The van der Waals surface area contributed by atoms with Crippen molar-refractivity contribution in [3.63, 3.8) is 0 Å². The molecular formula is C20H15ClN4O6. The molecule has 0 saturated heterocycles. The molecule has 0 spiro atoms. The van der Waals surface area contributed by atoms with Crippen LogP contribution in [0.25, 0.3) is 16.6 Å². The number of benzene rings is 2. The number of nitrogens with two attached hydrogens (primary N) is 1. The van der Waals surface area contributed by atoms with Gasteiger partial charge in [-0.1, -0.05) is 29.8 Å². The molecule has 10 nitrogen and oxygen atoms in total. The third-order valence-corrected chi connectivity index (χ3v) is 5.32. The summed E-state index contributed by atoms with van der Waals surface area (Å²) in [6.45, 7) is 1.61. The van der Waals surface area contributed by atoms with Crippen LogP contribution in [-0.2, 0) is 9.53 Å². The highest BCUT2D eigenvalue weighted by molar-refractivity contribution is 6.32. The van der Waals surface area contributed by atoms with Gasteiger partial charge in [-0.05, 0) is 30.7 Å². The van der Waals surface area contributed by atoms with Gasteiger partial charge < -0.3 is 10.5 Å². The molecule has 0 aliphatic carbocycles. The number of nitrogens with zero attached hydrogens (tertiary/aromatic N) is 3. The maximum Gasteiger partial charge on any atom is 0.340 e. The second-order valence-electron chi connectivity index (χ2n) is 6.70. The summed E-state index contributed by atoms with van der Waals surface area (Å²) in [5.74, 6) is -1.13. The van der Waals surface area contributed by atoms with E-state index in [1.807, 2.05) is 0 Å². The molecule has 1 aliphatic rings. The Balaban J connectivity index is 2.11. The van der Waals surface area contributed by atoms with Crippen molar-refractivity contribution in [1.82, 2.24) is 9.36 Å². The van der Waals surface area contributed by atoms with Gasteiger partial charge in [-0.25, -0.2) is 9.48 Å². The minimum absolute atomic E-state index is 0.0191. The van der Waals surface area contributed by atoms with Crippen molar-refractivity contribution in [2.24, 2.45) is 5.73 Å². The van der Waals surface area contributed by atoms with Crippen LogP contribution in [0.1, 0.15) is 18.5 Å². The molecule has 1 aliphatic heterocycles. The Kier molecular flexibility index (Phi) is 4.86. The Morgan fingerprint density at radius 1 is 1.19 bits per heavy atom. The summed E-state index contributed by atoms with van der Waals surface area (Å²) in [6, 6.07) is 8.77. The summed E-state index contributed by atoms with van der Waals surface area (Å²) in [5, 5.41) is 11.5. The van der Waals surface area contributed by atoms with Crippen molar-refractivity contribution in [3.05, 3.63) is 89.4 Å². The molecule has 158 valence electrons. The van der Waals surface area contributed by atoms with Gasteiger partial charge in [0.1, 0.15) is 22.5 Å². The van der Waals surface area contributed by atoms with Gasteiger partial charge in [0.05, 0.1) is 22.3 Å². The highest BCUT2D eigenvalue weighted by Gasteiger charge is 2.39. The number of hydrogen-bond acceptors (Lipinski definition) is 7. The SMILES string of the molecule is CCOC(=O)C1=C(N)n2c(=O)c3ccccc3c(=O)n2C1c1ccc(Cl)c([N+](=O)[O-])c1. The molecule has 0 fully saturated rings. The molecular weight excluding hydrogens is 428 g/mol. The average Bonchev–Trinajstić information content (AvgIpc) is 3.06. The fourth-order valence-corrected chi connectivity index (χ4v) is 3.88. The minimum Gasteiger partial charge on any atom is -0.462 e. The van der Waals surface area contributed by atoms with Crippen LogP contribution in [0.4, 0.5) is 5.69 Å². The van der Waals surface area contributed by atoms with Gasteiger partial charge in [0.15, 0.2) is 0 Å². The lowest BCUT2D eigenvalue weighted by Gasteiger charge is -2.18. The molecule has 0 radical (unpaired) electrons. The first-order valence-corrected chi connectivity index (χ1v) is 9.53. The number of hydrogen-bond donors (Lipinski definition) is 1. The van der Waals surface area contributed by atoms with Gasteiger partial charge in [0.25, 0.3) is 16.8 Å². The van der Waals surface area contributed by atoms with E-state index >= 15 is 0 Å². The van der Waals surface area contributed by atoms with Gasteiger partial charge in [-0.3, -0.25) is 19.7 Å². The maximum absolute atomic E-state index is 13.3.